The molecular formula is C15H23ClN2O. The molecule has 1 fully saturated rings. The molecule has 4 heteroatoms. The van der Waals surface area contributed by atoms with Crippen LogP contribution in [-0.4, -0.2) is 32.1 Å². The smallest absolute Gasteiger partial charge is 0.137 e. The SMILES string of the molecule is COc1ccc(C2C(CN)CCCCN2C)cc1Cl. The van der Waals surface area contributed by atoms with E-state index in [1.807, 2.05) is 12.1 Å². The summed E-state index contributed by atoms with van der Waals surface area (Å²) in [5.41, 5.74) is 7.21. The van der Waals surface area contributed by atoms with Gasteiger partial charge in [0.2, 0.25) is 0 Å². The molecule has 2 unspecified atom stereocenters. The van der Waals surface area contributed by atoms with Crippen LogP contribution in [0.1, 0.15) is 30.9 Å². The normalized spacial score (nSPS) is 25.1. The summed E-state index contributed by atoms with van der Waals surface area (Å²) >= 11 is 6.25. The number of halogens is 1. The van der Waals surface area contributed by atoms with Gasteiger partial charge in [-0.1, -0.05) is 24.1 Å². The highest BCUT2D eigenvalue weighted by Gasteiger charge is 2.28. The van der Waals surface area contributed by atoms with Crippen molar-refractivity contribution in [1.29, 1.82) is 0 Å². The Morgan fingerprint density at radius 2 is 2.21 bits per heavy atom. The lowest BCUT2D eigenvalue weighted by Gasteiger charge is -2.32. The highest BCUT2D eigenvalue weighted by Crippen LogP contribution is 2.36. The van der Waals surface area contributed by atoms with Crippen molar-refractivity contribution in [2.24, 2.45) is 11.7 Å². The first kappa shape index (κ1) is 14.6. The maximum Gasteiger partial charge on any atom is 0.137 e. The number of benzene rings is 1. The first-order chi connectivity index (χ1) is 9.17. The highest BCUT2D eigenvalue weighted by molar-refractivity contribution is 6.32. The van der Waals surface area contributed by atoms with Crippen molar-refractivity contribution in [1.82, 2.24) is 4.90 Å². The third-order valence-corrected chi connectivity index (χ3v) is 4.37. The van der Waals surface area contributed by atoms with Gasteiger partial charge in [0.15, 0.2) is 0 Å². The summed E-state index contributed by atoms with van der Waals surface area (Å²) in [5.74, 6) is 1.22. The Morgan fingerprint density at radius 1 is 1.42 bits per heavy atom. The number of nitrogens with zero attached hydrogens (tertiary/aromatic N) is 1. The van der Waals surface area contributed by atoms with E-state index in [1.54, 1.807) is 7.11 Å². The van der Waals surface area contributed by atoms with E-state index in [4.69, 9.17) is 22.1 Å². The number of methoxy groups -OCH3 is 1. The van der Waals surface area contributed by atoms with E-state index in [2.05, 4.69) is 18.0 Å². The number of likely N-dealkylation sites (tertiary alicyclic amines) is 1. The summed E-state index contributed by atoms with van der Waals surface area (Å²) in [6.07, 6.45) is 3.69. The third-order valence-electron chi connectivity index (χ3n) is 4.08. The molecule has 0 radical (unpaired) electrons. The van der Waals surface area contributed by atoms with Crippen LogP contribution < -0.4 is 10.5 Å². The third kappa shape index (κ3) is 3.22. The van der Waals surface area contributed by atoms with Gasteiger partial charge in [-0.2, -0.15) is 0 Å². The molecule has 19 heavy (non-hydrogen) atoms. The Labute approximate surface area is 120 Å². The van der Waals surface area contributed by atoms with E-state index in [1.165, 1.54) is 24.8 Å². The monoisotopic (exact) mass is 282 g/mol. The molecule has 0 aliphatic carbocycles. The van der Waals surface area contributed by atoms with Crippen molar-refractivity contribution >= 4 is 11.6 Å². The van der Waals surface area contributed by atoms with Gasteiger partial charge in [0, 0.05) is 6.04 Å². The van der Waals surface area contributed by atoms with Crippen molar-refractivity contribution in [2.75, 3.05) is 27.2 Å². The first-order valence-electron chi connectivity index (χ1n) is 6.91. The van der Waals surface area contributed by atoms with E-state index in [-0.39, 0.29) is 0 Å². The Bertz CT molecular complexity index is 425. The van der Waals surface area contributed by atoms with Crippen LogP contribution in [0.5, 0.6) is 5.75 Å². The molecule has 2 atom stereocenters. The summed E-state index contributed by atoms with van der Waals surface area (Å²) in [7, 11) is 3.82. The molecule has 0 saturated carbocycles. The van der Waals surface area contributed by atoms with Gasteiger partial charge >= 0.3 is 0 Å². The van der Waals surface area contributed by atoms with Crippen molar-refractivity contribution in [3.05, 3.63) is 28.8 Å². The van der Waals surface area contributed by atoms with E-state index in [9.17, 15) is 0 Å². The van der Waals surface area contributed by atoms with Crippen LogP contribution in [0.4, 0.5) is 0 Å². The zero-order valence-corrected chi connectivity index (χ0v) is 12.5. The number of ether oxygens (including phenoxy) is 1. The molecule has 0 amide bonds. The second-order valence-corrected chi connectivity index (χ2v) is 5.72. The van der Waals surface area contributed by atoms with Crippen molar-refractivity contribution in [3.8, 4) is 5.75 Å². The Balaban J connectivity index is 2.32. The summed E-state index contributed by atoms with van der Waals surface area (Å²) in [6, 6.07) is 6.44. The lowest BCUT2D eigenvalue weighted by molar-refractivity contribution is 0.196. The van der Waals surface area contributed by atoms with Crippen LogP contribution in [0.25, 0.3) is 0 Å². The van der Waals surface area contributed by atoms with Gasteiger partial charge in [-0.15, -0.1) is 0 Å². The molecule has 106 valence electrons. The van der Waals surface area contributed by atoms with Crippen molar-refractivity contribution in [2.45, 2.75) is 25.3 Å². The van der Waals surface area contributed by atoms with Gasteiger partial charge < -0.3 is 10.5 Å². The lowest BCUT2D eigenvalue weighted by atomic mass is 9.89. The van der Waals surface area contributed by atoms with E-state index < -0.39 is 0 Å². The fourth-order valence-electron chi connectivity index (χ4n) is 3.06. The molecule has 1 aliphatic rings. The summed E-state index contributed by atoms with van der Waals surface area (Å²) in [4.78, 5) is 2.41. The zero-order valence-electron chi connectivity index (χ0n) is 11.7. The number of rotatable bonds is 3. The Kier molecular flexibility index (Phi) is 5.08. The minimum Gasteiger partial charge on any atom is -0.495 e. The van der Waals surface area contributed by atoms with Crippen LogP contribution in [0.15, 0.2) is 18.2 Å². The van der Waals surface area contributed by atoms with E-state index in [0.717, 1.165) is 18.8 Å². The number of nitrogens with two attached hydrogens (primary N) is 1. The summed E-state index contributed by atoms with van der Waals surface area (Å²) in [6.45, 7) is 1.84. The van der Waals surface area contributed by atoms with Crippen LogP contribution in [0, 0.1) is 5.92 Å². The molecule has 1 aromatic carbocycles. The van der Waals surface area contributed by atoms with Crippen LogP contribution in [-0.2, 0) is 0 Å². The summed E-state index contributed by atoms with van der Waals surface area (Å²) in [5, 5.41) is 0.674. The van der Waals surface area contributed by atoms with Crippen LogP contribution >= 0.6 is 11.6 Å². The largest absolute Gasteiger partial charge is 0.495 e. The van der Waals surface area contributed by atoms with Gasteiger partial charge in [-0.3, -0.25) is 4.90 Å². The average molecular weight is 283 g/mol. The van der Waals surface area contributed by atoms with Crippen molar-refractivity contribution in [3.63, 3.8) is 0 Å². The minimum atomic E-state index is 0.357. The molecule has 0 aromatic heterocycles. The second kappa shape index (κ2) is 6.60. The van der Waals surface area contributed by atoms with Gasteiger partial charge in [0.1, 0.15) is 5.75 Å². The Hall–Kier alpha value is -0.770. The fraction of sp³-hybridized carbons (Fsp3) is 0.600. The quantitative estimate of drug-likeness (QED) is 0.926. The molecular weight excluding hydrogens is 260 g/mol. The van der Waals surface area contributed by atoms with Crippen LogP contribution in [0.2, 0.25) is 5.02 Å². The van der Waals surface area contributed by atoms with Gasteiger partial charge in [0.05, 0.1) is 12.1 Å². The molecule has 0 spiro atoms. The standard InChI is InChI=1S/C15H23ClN2O/c1-18-8-4-3-5-12(10-17)15(18)11-6-7-14(19-2)13(16)9-11/h6-7,9,12,15H,3-5,8,10,17H2,1-2H3. The topological polar surface area (TPSA) is 38.5 Å². The molecule has 3 nitrogen and oxygen atoms in total. The fourth-order valence-corrected chi connectivity index (χ4v) is 3.33. The molecule has 1 heterocycles. The predicted octanol–water partition coefficient (Wildman–Crippen LogP) is 3.08. The minimum absolute atomic E-state index is 0.357. The maximum absolute atomic E-state index is 6.25. The molecule has 2 N–H and O–H groups in total. The maximum atomic E-state index is 6.25. The van der Waals surface area contributed by atoms with Crippen LogP contribution in [0.3, 0.4) is 0 Å². The predicted molar refractivity (Wildman–Crippen MR) is 79.8 cm³/mol. The summed E-state index contributed by atoms with van der Waals surface area (Å²) < 4.78 is 5.22. The van der Waals surface area contributed by atoms with Gasteiger partial charge in [0.25, 0.3) is 0 Å². The number of hydrogen-bond acceptors (Lipinski definition) is 3. The Morgan fingerprint density at radius 3 is 2.84 bits per heavy atom. The zero-order chi connectivity index (χ0) is 13.8. The molecule has 1 saturated heterocycles. The van der Waals surface area contributed by atoms with E-state index >= 15 is 0 Å². The molecule has 1 aromatic rings. The number of hydrogen-bond donors (Lipinski definition) is 1. The molecule has 0 bridgehead atoms. The van der Waals surface area contributed by atoms with Gasteiger partial charge in [-0.05, 0) is 56.6 Å². The van der Waals surface area contributed by atoms with Gasteiger partial charge in [-0.25, -0.2) is 0 Å². The average Bonchev–Trinajstić information content (AvgIpc) is 2.60. The molecule has 1 aliphatic heterocycles. The van der Waals surface area contributed by atoms with Crippen molar-refractivity contribution < 1.29 is 4.74 Å². The lowest BCUT2D eigenvalue weighted by Crippen LogP contribution is -2.32. The second-order valence-electron chi connectivity index (χ2n) is 5.31. The molecule has 2 rings (SSSR count). The first-order valence-corrected chi connectivity index (χ1v) is 7.29. The van der Waals surface area contributed by atoms with E-state index in [0.29, 0.717) is 17.0 Å². The highest BCUT2D eigenvalue weighted by atomic mass is 35.5.